The lowest BCUT2D eigenvalue weighted by Crippen LogP contribution is -2.52. The monoisotopic (exact) mass is 427 g/mol. The van der Waals surface area contributed by atoms with Gasteiger partial charge in [-0.3, -0.25) is 9.69 Å². The molecule has 0 aliphatic carbocycles. The molecule has 1 amide bonds. The zero-order valence-corrected chi connectivity index (χ0v) is 18.7. The summed E-state index contributed by atoms with van der Waals surface area (Å²) in [6.45, 7) is 8.09. The number of fused-ring (bicyclic) bond motifs is 1. The van der Waals surface area contributed by atoms with Crippen LogP contribution >= 0.6 is 0 Å². The second-order valence-corrected chi connectivity index (χ2v) is 10.3. The molecule has 0 aromatic heterocycles. The highest BCUT2D eigenvalue weighted by atomic mass is 32.2. The van der Waals surface area contributed by atoms with E-state index in [4.69, 9.17) is 0 Å². The molecule has 0 saturated carbocycles. The van der Waals surface area contributed by atoms with Crippen molar-refractivity contribution in [3.8, 4) is 0 Å². The molecular formula is C23H29N3O3S. The van der Waals surface area contributed by atoms with Crippen molar-refractivity contribution in [3.05, 3.63) is 59.2 Å². The number of benzene rings is 2. The lowest BCUT2D eigenvalue weighted by molar-refractivity contribution is -0.120. The van der Waals surface area contributed by atoms with E-state index in [9.17, 15) is 13.2 Å². The SMILES string of the molecule is Cc1ccc(S(=O)(=O)N2CCN(CC(=O)N3c4ccccc4C[C@@H]3C)CC2)c(C)c1. The summed E-state index contributed by atoms with van der Waals surface area (Å²) in [5, 5.41) is 0. The largest absolute Gasteiger partial charge is 0.308 e. The van der Waals surface area contributed by atoms with Gasteiger partial charge in [0.1, 0.15) is 0 Å². The van der Waals surface area contributed by atoms with Crippen molar-refractivity contribution >= 4 is 21.6 Å². The Labute approximate surface area is 179 Å². The van der Waals surface area contributed by atoms with Crippen LogP contribution in [0, 0.1) is 13.8 Å². The molecule has 0 unspecified atom stereocenters. The van der Waals surface area contributed by atoms with Crippen molar-refractivity contribution in [3.63, 3.8) is 0 Å². The first-order valence-corrected chi connectivity index (χ1v) is 11.9. The normalized spacial score (nSPS) is 20.4. The van der Waals surface area contributed by atoms with Gasteiger partial charge in [0, 0.05) is 37.9 Å². The summed E-state index contributed by atoms with van der Waals surface area (Å²) in [4.78, 5) is 17.3. The van der Waals surface area contributed by atoms with Gasteiger partial charge in [-0.1, -0.05) is 35.9 Å². The van der Waals surface area contributed by atoms with Crippen LogP contribution < -0.4 is 4.90 Å². The average Bonchev–Trinajstić information content (AvgIpc) is 3.04. The number of nitrogens with zero attached hydrogens (tertiary/aromatic N) is 3. The smallest absolute Gasteiger partial charge is 0.243 e. The zero-order chi connectivity index (χ0) is 21.5. The number of aryl methyl sites for hydroxylation is 2. The number of carbonyl (C=O) groups excluding carboxylic acids is 1. The molecule has 7 heteroatoms. The van der Waals surface area contributed by atoms with E-state index < -0.39 is 10.0 Å². The van der Waals surface area contributed by atoms with E-state index in [1.54, 1.807) is 10.4 Å². The van der Waals surface area contributed by atoms with E-state index in [2.05, 4.69) is 17.9 Å². The third kappa shape index (κ3) is 3.89. The molecule has 6 nitrogen and oxygen atoms in total. The summed E-state index contributed by atoms with van der Waals surface area (Å²) in [7, 11) is -3.51. The van der Waals surface area contributed by atoms with Gasteiger partial charge in [0.15, 0.2) is 0 Å². The first-order chi connectivity index (χ1) is 14.3. The number of anilines is 1. The summed E-state index contributed by atoms with van der Waals surface area (Å²) in [5.41, 5.74) is 4.04. The van der Waals surface area contributed by atoms with Gasteiger partial charge in [-0.15, -0.1) is 0 Å². The summed E-state index contributed by atoms with van der Waals surface area (Å²) in [6.07, 6.45) is 0.879. The van der Waals surface area contributed by atoms with Crippen LogP contribution in [0.15, 0.2) is 47.4 Å². The minimum Gasteiger partial charge on any atom is -0.308 e. The summed E-state index contributed by atoms with van der Waals surface area (Å²) in [5.74, 6) is 0.0816. The van der Waals surface area contributed by atoms with Gasteiger partial charge in [-0.05, 0) is 50.5 Å². The number of rotatable bonds is 4. The first kappa shape index (κ1) is 21.0. The summed E-state index contributed by atoms with van der Waals surface area (Å²) < 4.78 is 27.7. The van der Waals surface area contributed by atoms with Crippen LogP contribution in [-0.4, -0.2) is 62.3 Å². The van der Waals surface area contributed by atoms with E-state index in [-0.39, 0.29) is 11.9 Å². The van der Waals surface area contributed by atoms with Crippen LogP contribution in [-0.2, 0) is 21.2 Å². The van der Waals surface area contributed by atoms with E-state index in [0.717, 1.165) is 23.2 Å². The Balaban J connectivity index is 1.40. The first-order valence-electron chi connectivity index (χ1n) is 10.5. The fraction of sp³-hybridized carbons (Fsp3) is 0.435. The summed E-state index contributed by atoms with van der Waals surface area (Å²) >= 11 is 0. The average molecular weight is 428 g/mol. The lowest BCUT2D eigenvalue weighted by atomic mass is 10.1. The molecule has 1 saturated heterocycles. The molecule has 2 aromatic carbocycles. The maximum Gasteiger partial charge on any atom is 0.243 e. The molecule has 1 atom stereocenters. The Bertz CT molecular complexity index is 1060. The van der Waals surface area contributed by atoms with Gasteiger partial charge in [-0.25, -0.2) is 8.42 Å². The predicted octanol–water partition coefficient (Wildman–Crippen LogP) is 2.59. The Kier molecular flexibility index (Phi) is 5.70. The molecule has 0 N–H and O–H groups in total. The van der Waals surface area contributed by atoms with E-state index in [0.29, 0.717) is 37.6 Å². The maximum absolute atomic E-state index is 13.1. The Morgan fingerprint density at radius 3 is 2.43 bits per heavy atom. The van der Waals surface area contributed by atoms with Gasteiger partial charge < -0.3 is 4.90 Å². The second kappa shape index (κ2) is 8.13. The van der Waals surface area contributed by atoms with Crippen molar-refractivity contribution < 1.29 is 13.2 Å². The Morgan fingerprint density at radius 1 is 1.03 bits per heavy atom. The molecule has 2 heterocycles. The topological polar surface area (TPSA) is 60.9 Å². The number of piperazine rings is 1. The van der Waals surface area contributed by atoms with Crippen LogP contribution in [0.4, 0.5) is 5.69 Å². The maximum atomic E-state index is 13.1. The number of sulfonamides is 1. The van der Waals surface area contributed by atoms with Crippen LogP contribution in [0.3, 0.4) is 0 Å². The van der Waals surface area contributed by atoms with Gasteiger partial charge in [0.05, 0.1) is 11.4 Å². The minimum absolute atomic E-state index is 0.0816. The number of hydrogen-bond acceptors (Lipinski definition) is 4. The molecule has 0 bridgehead atoms. The van der Waals surface area contributed by atoms with Crippen molar-refractivity contribution in [1.82, 2.24) is 9.21 Å². The number of amides is 1. The third-order valence-electron chi connectivity index (χ3n) is 6.11. The van der Waals surface area contributed by atoms with Crippen molar-refractivity contribution in [2.75, 3.05) is 37.6 Å². The fourth-order valence-corrected chi connectivity index (χ4v) is 6.20. The van der Waals surface area contributed by atoms with E-state index in [1.165, 1.54) is 5.56 Å². The molecule has 2 aliphatic heterocycles. The second-order valence-electron chi connectivity index (χ2n) is 8.39. The van der Waals surface area contributed by atoms with Crippen molar-refractivity contribution in [1.29, 1.82) is 0 Å². The Morgan fingerprint density at radius 2 is 1.73 bits per heavy atom. The number of hydrogen-bond donors (Lipinski definition) is 0. The number of para-hydroxylation sites is 1. The van der Waals surface area contributed by atoms with Gasteiger partial charge in [0.25, 0.3) is 0 Å². The summed E-state index contributed by atoms with van der Waals surface area (Å²) in [6, 6.07) is 13.6. The molecule has 0 spiro atoms. The molecule has 30 heavy (non-hydrogen) atoms. The molecule has 2 aliphatic rings. The highest BCUT2D eigenvalue weighted by molar-refractivity contribution is 7.89. The van der Waals surface area contributed by atoms with Gasteiger partial charge in [-0.2, -0.15) is 4.31 Å². The van der Waals surface area contributed by atoms with Crippen LogP contribution in [0.1, 0.15) is 23.6 Å². The molecule has 2 aromatic rings. The highest BCUT2D eigenvalue weighted by Gasteiger charge is 2.34. The molecule has 1 fully saturated rings. The lowest BCUT2D eigenvalue weighted by Gasteiger charge is -2.35. The molecule has 160 valence electrons. The van der Waals surface area contributed by atoms with E-state index >= 15 is 0 Å². The third-order valence-corrected chi connectivity index (χ3v) is 8.17. The van der Waals surface area contributed by atoms with Crippen LogP contribution in [0.5, 0.6) is 0 Å². The Hall–Kier alpha value is -2.22. The molecular weight excluding hydrogens is 398 g/mol. The molecule has 0 radical (unpaired) electrons. The van der Waals surface area contributed by atoms with Crippen LogP contribution in [0.2, 0.25) is 0 Å². The van der Waals surface area contributed by atoms with Crippen molar-refractivity contribution in [2.24, 2.45) is 0 Å². The zero-order valence-electron chi connectivity index (χ0n) is 17.8. The quantitative estimate of drug-likeness (QED) is 0.753. The highest BCUT2D eigenvalue weighted by Crippen LogP contribution is 2.32. The van der Waals surface area contributed by atoms with E-state index in [1.807, 2.05) is 49.1 Å². The standard InChI is InChI=1S/C23H29N3O3S/c1-17-8-9-22(18(2)14-17)30(28,29)25-12-10-24(11-13-25)16-23(27)26-19(3)15-20-6-4-5-7-21(20)26/h4-9,14,19H,10-13,15-16H2,1-3H3/t19-/m0/s1. The molecule has 4 rings (SSSR count). The number of carbonyl (C=O) groups is 1. The van der Waals surface area contributed by atoms with Crippen molar-refractivity contribution in [2.45, 2.75) is 38.1 Å². The van der Waals surface area contributed by atoms with Gasteiger partial charge >= 0.3 is 0 Å². The minimum atomic E-state index is -3.51. The van der Waals surface area contributed by atoms with Gasteiger partial charge in [0.2, 0.25) is 15.9 Å². The fourth-order valence-electron chi connectivity index (χ4n) is 4.57. The van der Waals surface area contributed by atoms with Crippen LogP contribution in [0.25, 0.3) is 0 Å². The predicted molar refractivity (Wildman–Crippen MR) is 118 cm³/mol.